The average molecular weight is 487 g/mol. The summed E-state index contributed by atoms with van der Waals surface area (Å²) in [5, 5.41) is 3.32. The van der Waals surface area contributed by atoms with Gasteiger partial charge in [-0.1, -0.05) is 25.4 Å². The number of piperazine rings is 1. The lowest BCUT2D eigenvalue weighted by Gasteiger charge is -2.35. The molecule has 2 aromatic heterocycles. The SMILES string of the molecule is COc1cc(OC)c(NC(=O)N2CCN(CCn3c(C(C)C)nc4cccnc43)CC2)cc1Cl. The molecule has 1 aromatic carbocycles. The minimum Gasteiger partial charge on any atom is -0.495 e. The van der Waals surface area contributed by atoms with Crippen LogP contribution in [0.3, 0.4) is 0 Å². The number of pyridine rings is 1. The molecule has 1 aliphatic heterocycles. The van der Waals surface area contributed by atoms with E-state index < -0.39 is 0 Å². The van der Waals surface area contributed by atoms with Crippen molar-refractivity contribution >= 4 is 34.5 Å². The Kier molecular flexibility index (Phi) is 7.43. The zero-order valence-corrected chi connectivity index (χ0v) is 20.8. The first-order valence-electron chi connectivity index (χ1n) is 11.4. The summed E-state index contributed by atoms with van der Waals surface area (Å²) < 4.78 is 12.8. The minimum atomic E-state index is -0.175. The topological polar surface area (TPSA) is 84.8 Å². The van der Waals surface area contributed by atoms with E-state index in [0.29, 0.717) is 41.2 Å². The smallest absolute Gasteiger partial charge is 0.322 e. The molecular weight excluding hydrogens is 456 g/mol. The number of nitrogens with zero attached hydrogens (tertiary/aromatic N) is 5. The quantitative estimate of drug-likeness (QED) is 0.541. The fourth-order valence-electron chi connectivity index (χ4n) is 4.21. The van der Waals surface area contributed by atoms with Gasteiger partial charge in [0.1, 0.15) is 22.8 Å². The van der Waals surface area contributed by atoms with Gasteiger partial charge in [0.05, 0.1) is 24.9 Å². The standard InChI is InChI=1S/C24H31ClN6O3/c1-16(2)22-27-18-6-5-7-26-23(18)31(22)13-10-29-8-11-30(12-9-29)24(32)28-19-14-17(25)20(33-3)15-21(19)34-4/h5-7,14-16H,8-13H2,1-4H3,(H,28,32). The highest BCUT2D eigenvalue weighted by atomic mass is 35.5. The Balaban J connectivity index is 1.35. The Bertz CT molecular complexity index is 1160. The highest BCUT2D eigenvalue weighted by Gasteiger charge is 2.23. The molecule has 34 heavy (non-hydrogen) atoms. The summed E-state index contributed by atoms with van der Waals surface area (Å²) in [6, 6.07) is 7.06. The number of fused-ring (bicyclic) bond motifs is 1. The summed E-state index contributed by atoms with van der Waals surface area (Å²) in [5.74, 6) is 2.36. The molecule has 3 aromatic rings. The van der Waals surface area contributed by atoms with Crippen LogP contribution in [0.15, 0.2) is 30.5 Å². The van der Waals surface area contributed by atoms with Crippen molar-refractivity contribution in [3.63, 3.8) is 0 Å². The van der Waals surface area contributed by atoms with E-state index >= 15 is 0 Å². The zero-order chi connectivity index (χ0) is 24.2. The van der Waals surface area contributed by atoms with E-state index in [2.05, 4.69) is 33.6 Å². The molecule has 4 rings (SSSR count). The van der Waals surface area contributed by atoms with Gasteiger partial charge in [-0.3, -0.25) is 4.90 Å². The molecule has 0 unspecified atom stereocenters. The lowest BCUT2D eigenvalue weighted by molar-refractivity contribution is 0.144. The molecule has 182 valence electrons. The Hall–Kier alpha value is -3.04. The number of imidazole rings is 1. The van der Waals surface area contributed by atoms with Crippen LogP contribution in [-0.4, -0.2) is 77.3 Å². The number of ether oxygens (including phenoxy) is 2. The van der Waals surface area contributed by atoms with E-state index in [9.17, 15) is 4.79 Å². The molecule has 0 saturated carbocycles. The fraction of sp³-hybridized carbons (Fsp3) is 0.458. The first kappa shape index (κ1) is 24.1. The third-order valence-electron chi connectivity index (χ3n) is 6.06. The van der Waals surface area contributed by atoms with E-state index in [4.69, 9.17) is 26.1 Å². The maximum atomic E-state index is 12.9. The average Bonchev–Trinajstić information content (AvgIpc) is 3.22. The summed E-state index contributed by atoms with van der Waals surface area (Å²) in [7, 11) is 3.08. The van der Waals surface area contributed by atoms with Crippen LogP contribution in [0.2, 0.25) is 5.02 Å². The maximum absolute atomic E-state index is 12.9. The first-order chi connectivity index (χ1) is 16.4. The summed E-state index contributed by atoms with van der Waals surface area (Å²) in [4.78, 5) is 26.4. The zero-order valence-electron chi connectivity index (χ0n) is 20.0. The van der Waals surface area contributed by atoms with Crippen molar-refractivity contribution in [2.24, 2.45) is 0 Å². The van der Waals surface area contributed by atoms with Gasteiger partial charge in [0.25, 0.3) is 0 Å². The summed E-state index contributed by atoms with van der Waals surface area (Å²) in [6.07, 6.45) is 1.81. The monoisotopic (exact) mass is 486 g/mol. The molecule has 1 N–H and O–H groups in total. The summed E-state index contributed by atoms with van der Waals surface area (Å²) >= 11 is 6.23. The molecule has 0 bridgehead atoms. The predicted molar refractivity (Wildman–Crippen MR) is 133 cm³/mol. The van der Waals surface area contributed by atoms with Crippen molar-refractivity contribution in [3.05, 3.63) is 41.3 Å². The van der Waals surface area contributed by atoms with Crippen LogP contribution in [0.4, 0.5) is 10.5 Å². The number of amides is 2. The Morgan fingerprint density at radius 2 is 1.85 bits per heavy atom. The number of carbonyl (C=O) groups excluding carboxylic acids is 1. The number of urea groups is 1. The summed E-state index contributed by atoms with van der Waals surface area (Å²) in [6.45, 7) is 8.86. The van der Waals surface area contributed by atoms with Crippen molar-refractivity contribution in [2.45, 2.75) is 26.3 Å². The molecule has 3 heterocycles. The van der Waals surface area contributed by atoms with Gasteiger partial charge in [0.2, 0.25) is 0 Å². The molecular formula is C24H31ClN6O3. The van der Waals surface area contributed by atoms with Crippen LogP contribution in [-0.2, 0) is 6.54 Å². The second kappa shape index (κ2) is 10.5. The largest absolute Gasteiger partial charge is 0.495 e. The number of nitrogens with one attached hydrogen (secondary N) is 1. The van der Waals surface area contributed by atoms with Crippen LogP contribution in [0.1, 0.15) is 25.6 Å². The number of benzene rings is 1. The second-order valence-electron chi connectivity index (χ2n) is 8.57. The number of halogens is 1. The van der Waals surface area contributed by atoms with Gasteiger partial charge in [-0.15, -0.1) is 0 Å². The molecule has 0 radical (unpaired) electrons. The van der Waals surface area contributed by atoms with E-state index in [1.807, 2.05) is 23.2 Å². The van der Waals surface area contributed by atoms with Gasteiger partial charge >= 0.3 is 6.03 Å². The molecule has 0 atom stereocenters. The Morgan fingerprint density at radius 1 is 1.12 bits per heavy atom. The number of hydrogen-bond donors (Lipinski definition) is 1. The highest BCUT2D eigenvalue weighted by molar-refractivity contribution is 6.32. The number of rotatable bonds is 7. The van der Waals surface area contributed by atoms with Crippen LogP contribution in [0, 0.1) is 0 Å². The molecule has 0 spiro atoms. The predicted octanol–water partition coefficient (Wildman–Crippen LogP) is 4.08. The van der Waals surface area contributed by atoms with Gasteiger partial charge in [0, 0.05) is 57.4 Å². The number of hydrogen-bond acceptors (Lipinski definition) is 6. The third kappa shape index (κ3) is 5.05. The van der Waals surface area contributed by atoms with Gasteiger partial charge in [-0.25, -0.2) is 14.8 Å². The molecule has 1 saturated heterocycles. The fourth-order valence-corrected chi connectivity index (χ4v) is 4.45. The highest BCUT2D eigenvalue weighted by Crippen LogP contribution is 2.36. The van der Waals surface area contributed by atoms with Gasteiger partial charge in [0.15, 0.2) is 5.65 Å². The van der Waals surface area contributed by atoms with Gasteiger partial charge < -0.3 is 24.3 Å². The van der Waals surface area contributed by atoms with Crippen molar-refractivity contribution in [2.75, 3.05) is 52.3 Å². The van der Waals surface area contributed by atoms with Crippen LogP contribution in [0.5, 0.6) is 11.5 Å². The number of carbonyl (C=O) groups is 1. The van der Waals surface area contributed by atoms with Crippen LogP contribution >= 0.6 is 11.6 Å². The molecule has 1 fully saturated rings. The van der Waals surface area contributed by atoms with Crippen LogP contribution < -0.4 is 14.8 Å². The molecule has 0 aliphatic carbocycles. The van der Waals surface area contributed by atoms with Gasteiger partial charge in [-0.2, -0.15) is 0 Å². The van der Waals surface area contributed by atoms with E-state index in [0.717, 1.165) is 43.2 Å². The van der Waals surface area contributed by atoms with Crippen molar-refractivity contribution in [1.82, 2.24) is 24.3 Å². The number of aromatic nitrogens is 3. The van der Waals surface area contributed by atoms with Crippen molar-refractivity contribution in [3.8, 4) is 11.5 Å². The Labute approximate surface area is 204 Å². The van der Waals surface area contributed by atoms with E-state index in [1.54, 1.807) is 19.2 Å². The molecule has 2 amide bonds. The summed E-state index contributed by atoms with van der Waals surface area (Å²) in [5.41, 5.74) is 2.37. The lowest BCUT2D eigenvalue weighted by atomic mass is 10.2. The molecule has 10 heteroatoms. The number of methoxy groups -OCH3 is 2. The van der Waals surface area contributed by atoms with Crippen LogP contribution in [0.25, 0.3) is 11.2 Å². The number of anilines is 1. The molecule has 9 nitrogen and oxygen atoms in total. The van der Waals surface area contributed by atoms with Crippen molar-refractivity contribution in [1.29, 1.82) is 0 Å². The second-order valence-corrected chi connectivity index (χ2v) is 8.98. The van der Waals surface area contributed by atoms with E-state index in [-0.39, 0.29) is 6.03 Å². The first-order valence-corrected chi connectivity index (χ1v) is 11.8. The minimum absolute atomic E-state index is 0.175. The van der Waals surface area contributed by atoms with E-state index in [1.165, 1.54) is 7.11 Å². The third-order valence-corrected chi connectivity index (χ3v) is 6.36. The molecule has 1 aliphatic rings. The Morgan fingerprint density at radius 3 is 2.53 bits per heavy atom. The maximum Gasteiger partial charge on any atom is 0.322 e. The normalized spacial score (nSPS) is 14.6. The van der Waals surface area contributed by atoms with Gasteiger partial charge in [-0.05, 0) is 18.2 Å². The lowest BCUT2D eigenvalue weighted by Crippen LogP contribution is -2.50. The van der Waals surface area contributed by atoms with Crippen molar-refractivity contribution < 1.29 is 14.3 Å².